The highest BCUT2D eigenvalue weighted by molar-refractivity contribution is 6.10. The van der Waals surface area contributed by atoms with Crippen LogP contribution in [0.25, 0.3) is 6.08 Å². The van der Waals surface area contributed by atoms with Crippen molar-refractivity contribution in [3.63, 3.8) is 0 Å². The maximum Gasteiger partial charge on any atom is 0.204 e. The fourth-order valence-corrected chi connectivity index (χ4v) is 3.64. The van der Waals surface area contributed by atoms with Gasteiger partial charge in [0.15, 0.2) is 12.3 Å². The van der Waals surface area contributed by atoms with Crippen LogP contribution in [0.15, 0.2) is 59.8 Å². The molecule has 1 fully saturated rings. The Morgan fingerprint density at radius 3 is 2.70 bits per heavy atom. The van der Waals surface area contributed by atoms with Gasteiger partial charge in [-0.2, -0.15) is 0 Å². The molecule has 0 spiro atoms. The third-order valence-corrected chi connectivity index (χ3v) is 5.26. The summed E-state index contributed by atoms with van der Waals surface area (Å²) < 4.78 is 1.57. The van der Waals surface area contributed by atoms with E-state index in [0.717, 1.165) is 17.0 Å². The molecule has 0 bridgehead atoms. The maximum absolute atomic E-state index is 5.66. The summed E-state index contributed by atoms with van der Waals surface area (Å²) in [7, 11) is 1.78. The summed E-state index contributed by atoms with van der Waals surface area (Å²) in [4.78, 5) is 10.3. The highest BCUT2D eigenvalue weighted by atomic mass is 16.6. The molecule has 154 valence electrons. The first-order chi connectivity index (χ1) is 14.8. The van der Waals surface area contributed by atoms with Gasteiger partial charge in [0.2, 0.25) is 5.82 Å². The topological polar surface area (TPSA) is 78.1 Å². The first kappa shape index (κ1) is 19.9. The highest BCUT2D eigenvalue weighted by Gasteiger charge is 2.15. The quantitative estimate of drug-likeness (QED) is 0.438. The molecule has 1 aliphatic rings. The van der Waals surface area contributed by atoms with Gasteiger partial charge in [0.1, 0.15) is 0 Å². The van der Waals surface area contributed by atoms with E-state index in [9.17, 15) is 0 Å². The van der Waals surface area contributed by atoms with Crippen molar-refractivity contribution in [1.29, 1.82) is 0 Å². The summed E-state index contributed by atoms with van der Waals surface area (Å²) in [6.07, 6.45) is 11.0. The zero-order chi connectivity index (χ0) is 20.6. The Kier molecular flexibility index (Phi) is 6.59. The molecule has 0 amide bonds. The Morgan fingerprint density at radius 2 is 1.93 bits per heavy atom. The van der Waals surface area contributed by atoms with E-state index in [1.54, 1.807) is 11.7 Å². The molecule has 1 saturated carbocycles. The standard InChI is InChI=1S/C23H26N6O/c1-29-23(25-27-28-29)22(19-11-6-3-7-12-19)26-30-17-21-14-8-13-20(24-21)16-15-18-9-4-2-5-10-18/h3,6-8,11-16,18H,2,4-5,9-10,17H2,1H3/b16-15+,26-22+. The molecule has 1 aliphatic carbocycles. The molecule has 2 heterocycles. The lowest BCUT2D eigenvalue weighted by Gasteiger charge is -2.17. The predicted octanol–water partition coefficient (Wildman–Crippen LogP) is 4.17. The monoisotopic (exact) mass is 402 g/mol. The number of tetrazole rings is 1. The predicted molar refractivity (Wildman–Crippen MR) is 116 cm³/mol. The molecule has 0 unspecified atom stereocenters. The zero-order valence-electron chi connectivity index (χ0n) is 17.2. The Bertz CT molecular complexity index is 1010. The molecule has 7 heteroatoms. The van der Waals surface area contributed by atoms with Crippen LogP contribution in [0.4, 0.5) is 0 Å². The van der Waals surface area contributed by atoms with E-state index in [1.165, 1.54) is 32.1 Å². The minimum absolute atomic E-state index is 0.271. The number of aromatic nitrogens is 5. The third kappa shape index (κ3) is 5.17. The summed E-state index contributed by atoms with van der Waals surface area (Å²) in [5, 5.41) is 16.0. The first-order valence-corrected chi connectivity index (χ1v) is 10.4. The molecular weight excluding hydrogens is 376 g/mol. The van der Waals surface area contributed by atoms with Gasteiger partial charge in [0, 0.05) is 12.6 Å². The van der Waals surface area contributed by atoms with Crippen LogP contribution in [0.2, 0.25) is 0 Å². The van der Waals surface area contributed by atoms with E-state index in [1.807, 2.05) is 48.5 Å². The normalized spacial score (nSPS) is 15.6. The van der Waals surface area contributed by atoms with Crippen LogP contribution in [0, 0.1) is 5.92 Å². The number of hydrogen-bond acceptors (Lipinski definition) is 6. The van der Waals surface area contributed by atoms with Crippen LogP contribution < -0.4 is 0 Å². The van der Waals surface area contributed by atoms with E-state index in [4.69, 9.17) is 4.84 Å². The van der Waals surface area contributed by atoms with Crippen LogP contribution in [-0.2, 0) is 18.5 Å². The van der Waals surface area contributed by atoms with Crippen LogP contribution in [0.5, 0.6) is 0 Å². The molecule has 0 saturated heterocycles. The molecule has 0 aliphatic heterocycles. The van der Waals surface area contributed by atoms with Crippen molar-refractivity contribution in [2.75, 3.05) is 0 Å². The SMILES string of the molecule is Cn1nnnc1/C(=N/OCc1cccc(/C=C/C2CCCCC2)n1)c1ccccc1. The number of benzene rings is 1. The Labute approximate surface area is 176 Å². The second kappa shape index (κ2) is 9.91. The Balaban J connectivity index is 1.45. The fraction of sp³-hybridized carbons (Fsp3) is 0.348. The molecule has 4 rings (SSSR count). The molecule has 0 atom stereocenters. The van der Waals surface area contributed by atoms with E-state index in [0.29, 0.717) is 17.5 Å². The molecule has 30 heavy (non-hydrogen) atoms. The van der Waals surface area contributed by atoms with Gasteiger partial charge in [0.25, 0.3) is 0 Å². The molecule has 2 aromatic heterocycles. The fourth-order valence-electron chi connectivity index (χ4n) is 3.64. The average molecular weight is 403 g/mol. The Hall–Kier alpha value is -3.35. The van der Waals surface area contributed by atoms with Gasteiger partial charge in [-0.15, -0.1) is 5.10 Å². The van der Waals surface area contributed by atoms with Gasteiger partial charge in [-0.1, -0.05) is 66.9 Å². The van der Waals surface area contributed by atoms with Gasteiger partial charge in [-0.25, -0.2) is 9.67 Å². The van der Waals surface area contributed by atoms with E-state index in [-0.39, 0.29) is 6.61 Å². The van der Waals surface area contributed by atoms with Crippen molar-refractivity contribution in [2.24, 2.45) is 18.1 Å². The van der Waals surface area contributed by atoms with Crippen LogP contribution >= 0.6 is 0 Å². The van der Waals surface area contributed by atoms with E-state index >= 15 is 0 Å². The summed E-state index contributed by atoms with van der Waals surface area (Å²) in [5.74, 6) is 1.22. The van der Waals surface area contributed by atoms with Crippen molar-refractivity contribution >= 4 is 11.8 Å². The largest absolute Gasteiger partial charge is 0.389 e. The van der Waals surface area contributed by atoms with Gasteiger partial charge >= 0.3 is 0 Å². The lowest BCUT2D eigenvalue weighted by molar-refractivity contribution is 0.128. The number of oxime groups is 1. The van der Waals surface area contributed by atoms with Gasteiger partial charge in [-0.3, -0.25) is 0 Å². The summed E-state index contributed by atoms with van der Waals surface area (Å²) >= 11 is 0. The zero-order valence-corrected chi connectivity index (χ0v) is 17.2. The van der Waals surface area contributed by atoms with Gasteiger partial charge in [-0.05, 0) is 47.4 Å². The number of hydrogen-bond donors (Lipinski definition) is 0. The lowest BCUT2D eigenvalue weighted by Crippen LogP contribution is -2.12. The number of nitrogens with zero attached hydrogens (tertiary/aromatic N) is 6. The molecule has 1 aromatic carbocycles. The molecule has 7 nitrogen and oxygen atoms in total. The highest BCUT2D eigenvalue weighted by Crippen LogP contribution is 2.25. The summed E-state index contributed by atoms with van der Waals surface area (Å²) in [6.45, 7) is 0.271. The molecule has 0 radical (unpaired) electrons. The average Bonchev–Trinajstić information content (AvgIpc) is 3.22. The number of pyridine rings is 1. The van der Waals surface area contributed by atoms with Crippen molar-refractivity contribution in [1.82, 2.24) is 25.2 Å². The smallest absolute Gasteiger partial charge is 0.204 e. The first-order valence-electron chi connectivity index (χ1n) is 10.4. The van der Waals surface area contributed by atoms with Gasteiger partial charge < -0.3 is 4.84 Å². The number of rotatable bonds is 7. The molecule has 3 aromatic rings. The number of aryl methyl sites for hydroxylation is 1. The summed E-state index contributed by atoms with van der Waals surface area (Å²) in [5.41, 5.74) is 3.24. The lowest BCUT2D eigenvalue weighted by atomic mass is 9.89. The van der Waals surface area contributed by atoms with Gasteiger partial charge in [0.05, 0.1) is 11.4 Å². The van der Waals surface area contributed by atoms with Crippen molar-refractivity contribution in [3.05, 3.63) is 77.4 Å². The van der Waals surface area contributed by atoms with Crippen molar-refractivity contribution in [3.8, 4) is 0 Å². The third-order valence-electron chi connectivity index (χ3n) is 5.26. The van der Waals surface area contributed by atoms with Crippen molar-refractivity contribution < 1.29 is 4.84 Å². The molecular formula is C23H26N6O. The Morgan fingerprint density at radius 1 is 1.10 bits per heavy atom. The minimum atomic E-state index is 0.271. The number of allylic oxidation sites excluding steroid dienone is 1. The second-order valence-corrected chi connectivity index (χ2v) is 7.52. The summed E-state index contributed by atoms with van der Waals surface area (Å²) in [6, 6.07) is 15.7. The van der Waals surface area contributed by atoms with Crippen LogP contribution in [0.1, 0.15) is 54.9 Å². The van der Waals surface area contributed by atoms with E-state index in [2.05, 4.69) is 37.8 Å². The minimum Gasteiger partial charge on any atom is -0.389 e. The van der Waals surface area contributed by atoms with Crippen LogP contribution in [-0.4, -0.2) is 30.9 Å². The second-order valence-electron chi connectivity index (χ2n) is 7.52. The van der Waals surface area contributed by atoms with Crippen LogP contribution in [0.3, 0.4) is 0 Å². The van der Waals surface area contributed by atoms with E-state index < -0.39 is 0 Å². The van der Waals surface area contributed by atoms with Crippen molar-refractivity contribution in [2.45, 2.75) is 38.7 Å². The maximum atomic E-state index is 5.66. The molecule has 0 N–H and O–H groups in total.